The average molecular weight is 499 g/mol. The molecule has 0 aliphatic carbocycles. The Balaban J connectivity index is 0.00000364. The fraction of sp³-hybridized carbons (Fsp3) is 0.611. The van der Waals surface area contributed by atoms with Crippen LogP contribution in [-0.2, 0) is 0 Å². The van der Waals surface area contributed by atoms with Crippen LogP contribution in [0.2, 0.25) is 0 Å². The lowest BCUT2D eigenvalue weighted by atomic mass is 10.2. The van der Waals surface area contributed by atoms with Gasteiger partial charge in [0.05, 0.1) is 6.54 Å². The zero-order valence-corrected chi connectivity index (χ0v) is 18.3. The number of nitrogens with one attached hydrogen (secondary N) is 2. The fourth-order valence-electron chi connectivity index (χ4n) is 3.03. The number of halogens is 4. The van der Waals surface area contributed by atoms with E-state index in [1.807, 2.05) is 25.2 Å². The lowest BCUT2D eigenvalue weighted by molar-refractivity contribution is -0.143. The molecule has 1 heterocycles. The number of aliphatic imine (C=N–C) groups is 1. The molecule has 0 amide bonds. The van der Waals surface area contributed by atoms with Crippen LogP contribution < -0.4 is 15.5 Å². The van der Waals surface area contributed by atoms with Gasteiger partial charge >= 0.3 is 6.18 Å². The predicted molar refractivity (Wildman–Crippen MR) is 115 cm³/mol. The van der Waals surface area contributed by atoms with E-state index < -0.39 is 12.7 Å². The molecule has 0 bridgehead atoms. The minimum absolute atomic E-state index is 0. The SMILES string of the molecule is CN=C(NCC(C)N(C)c1ccccc1)NC1CCN(CC(F)(F)F)C1.I. The molecule has 1 fully saturated rings. The van der Waals surface area contributed by atoms with Gasteiger partial charge in [0, 0.05) is 51.5 Å². The summed E-state index contributed by atoms with van der Waals surface area (Å²) < 4.78 is 37.5. The van der Waals surface area contributed by atoms with Crippen molar-refractivity contribution in [3.05, 3.63) is 30.3 Å². The maximum absolute atomic E-state index is 12.5. The summed E-state index contributed by atoms with van der Waals surface area (Å²) in [6, 6.07) is 10.3. The number of likely N-dealkylation sites (N-methyl/N-ethyl adjacent to an activating group) is 1. The smallest absolute Gasteiger partial charge is 0.370 e. The van der Waals surface area contributed by atoms with E-state index in [0.717, 1.165) is 5.69 Å². The molecule has 0 spiro atoms. The van der Waals surface area contributed by atoms with E-state index in [-0.39, 0.29) is 36.1 Å². The van der Waals surface area contributed by atoms with Gasteiger partial charge in [0.25, 0.3) is 0 Å². The van der Waals surface area contributed by atoms with Gasteiger partial charge in [-0.25, -0.2) is 0 Å². The summed E-state index contributed by atoms with van der Waals surface area (Å²) in [6.07, 6.45) is -3.47. The van der Waals surface area contributed by atoms with Crippen LogP contribution in [-0.4, -0.2) is 69.4 Å². The van der Waals surface area contributed by atoms with Crippen LogP contribution in [0.4, 0.5) is 18.9 Å². The zero-order valence-electron chi connectivity index (χ0n) is 16.0. The van der Waals surface area contributed by atoms with Gasteiger partial charge in [-0.3, -0.25) is 9.89 Å². The topological polar surface area (TPSA) is 42.9 Å². The van der Waals surface area contributed by atoms with Gasteiger partial charge in [0.15, 0.2) is 5.96 Å². The number of anilines is 1. The number of rotatable bonds is 6. The summed E-state index contributed by atoms with van der Waals surface area (Å²) in [6.45, 7) is 2.75. The van der Waals surface area contributed by atoms with Crippen molar-refractivity contribution in [3.8, 4) is 0 Å². The second kappa shape index (κ2) is 10.9. The van der Waals surface area contributed by atoms with E-state index in [1.165, 1.54) is 4.90 Å². The summed E-state index contributed by atoms with van der Waals surface area (Å²) in [4.78, 5) is 7.79. The van der Waals surface area contributed by atoms with Crippen LogP contribution >= 0.6 is 24.0 Å². The minimum atomic E-state index is -4.15. The van der Waals surface area contributed by atoms with Gasteiger partial charge in [0.2, 0.25) is 0 Å². The molecule has 1 aromatic carbocycles. The van der Waals surface area contributed by atoms with Crippen molar-refractivity contribution >= 4 is 35.6 Å². The summed E-state index contributed by atoms with van der Waals surface area (Å²) in [5, 5.41) is 6.49. The molecule has 1 aliphatic rings. The Morgan fingerprint density at radius 3 is 2.59 bits per heavy atom. The molecule has 2 unspecified atom stereocenters. The molecule has 0 saturated carbocycles. The molecule has 2 N–H and O–H groups in total. The Kier molecular flexibility index (Phi) is 9.65. The summed E-state index contributed by atoms with van der Waals surface area (Å²) in [5.74, 6) is 0.622. The number of hydrogen-bond donors (Lipinski definition) is 2. The number of benzene rings is 1. The van der Waals surface area contributed by atoms with Crippen LogP contribution in [0.3, 0.4) is 0 Å². The first-order valence-corrected chi connectivity index (χ1v) is 8.82. The van der Waals surface area contributed by atoms with E-state index in [2.05, 4.69) is 39.6 Å². The lowest BCUT2D eigenvalue weighted by Crippen LogP contribution is -2.48. The largest absolute Gasteiger partial charge is 0.401 e. The second-order valence-electron chi connectivity index (χ2n) is 6.73. The van der Waals surface area contributed by atoms with Crippen molar-refractivity contribution in [2.75, 3.05) is 45.2 Å². The monoisotopic (exact) mass is 499 g/mol. The standard InChI is InChI=1S/C18H28F3N5.HI/c1-14(25(3)16-7-5-4-6-8-16)11-23-17(22-2)24-15-9-10-26(12-15)13-18(19,20)21;/h4-8,14-15H,9-13H2,1-3H3,(H2,22,23,24);1H. The van der Waals surface area contributed by atoms with Gasteiger partial charge in [-0.1, -0.05) is 18.2 Å². The number of guanidine groups is 1. The maximum Gasteiger partial charge on any atom is 0.401 e. The van der Waals surface area contributed by atoms with Crippen LogP contribution in [0.5, 0.6) is 0 Å². The third-order valence-electron chi connectivity index (χ3n) is 4.63. The van der Waals surface area contributed by atoms with Crippen LogP contribution in [0.1, 0.15) is 13.3 Å². The third-order valence-corrected chi connectivity index (χ3v) is 4.63. The molecular formula is C18H29F3IN5. The molecule has 1 aliphatic heterocycles. The van der Waals surface area contributed by atoms with E-state index in [4.69, 9.17) is 0 Å². The first-order valence-electron chi connectivity index (χ1n) is 8.82. The van der Waals surface area contributed by atoms with Crippen LogP contribution in [0, 0.1) is 0 Å². The highest BCUT2D eigenvalue weighted by Crippen LogP contribution is 2.20. The molecule has 0 radical (unpaired) electrons. The van der Waals surface area contributed by atoms with Crippen LogP contribution in [0.15, 0.2) is 35.3 Å². The van der Waals surface area contributed by atoms with E-state index in [9.17, 15) is 13.2 Å². The minimum Gasteiger partial charge on any atom is -0.370 e. The van der Waals surface area contributed by atoms with Gasteiger partial charge < -0.3 is 15.5 Å². The Bertz CT molecular complexity index is 582. The Labute approximate surface area is 176 Å². The van der Waals surface area contributed by atoms with Gasteiger partial charge in [-0.05, 0) is 25.5 Å². The number of alkyl halides is 3. The Morgan fingerprint density at radius 1 is 1.33 bits per heavy atom. The van der Waals surface area contributed by atoms with E-state index >= 15 is 0 Å². The summed E-state index contributed by atoms with van der Waals surface area (Å²) in [5.41, 5.74) is 1.13. The van der Waals surface area contributed by atoms with E-state index in [0.29, 0.717) is 32.0 Å². The number of hydrogen-bond acceptors (Lipinski definition) is 3. The van der Waals surface area contributed by atoms with Gasteiger partial charge in [-0.15, -0.1) is 24.0 Å². The van der Waals surface area contributed by atoms with Crippen molar-refractivity contribution in [2.24, 2.45) is 4.99 Å². The maximum atomic E-state index is 12.5. The molecule has 2 atom stereocenters. The Morgan fingerprint density at radius 2 is 2.00 bits per heavy atom. The molecule has 154 valence electrons. The quantitative estimate of drug-likeness (QED) is 0.359. The first kappa shape index (κ1) is 23.8. The van der Waals surface area contributed by atoms with Crippen LogP contribution in [0.25, 0.3) is 0 Å². The molecule has 2 rings (SSSR count). The number of likely N-dealkylation sites (tertiary alicyclic amines) is 1. The highest BCUT2D eigenvalue weighted by Gasteiger charge is 2.34. The number of para-hydroxylation sites is 1. The number of nitrogens with zero attached hydrogens (tertiary/aromatic N) is 3. The highest BCUT2D eigenvalue weighted by molar-refractivity contribution is 14.0. The molecule has 1 saturated heterocycles. The normalized spacial score (nSPS) is 19.3. The first-order chi connectivity index (χ1) is 12.3. The molecule has 27 heavy (non-hydrogen) atoms. The Hall–Kier alpha value is -1.23. The molecule has 1 aromatic rings. The molecular weight excluding hydrogens is 470 g/mol. The second-order valence-corrected chi connectivity index (χ2v) is 6.73. The summed E-state index contributed by atoms with van der Waals surface area (Å²) in [7, 11) is 3.70. The zero-order chi connectivity index (χ0) is 19.2. The summed E-state index contributed by atoms with van der Waals surface area (Å²) >= 11 is 0. The third kappa shape index (κ3) is 8.12. The van der Waals surface area contributed by atoms with Crippen molar-refractivity contribution in [3.63, 3.8) is 0 Å². The average Bonchev–Trinajstić information content (AvgIpc) is 3.03. The van der Waals surface area contributed by atoms with Crippen molar-refractivity contribution < 1.29 is 13.2 Å². The fourth-order valence-corrected chi connectivity index (χ4v) is 3.03. The van der Waals surface area contributed by atoms with Crippen molar-refractivity contribution in [2.45, 2.75) is 31.6 Å². The van der Waals surface area contributed by atoms with Crippen molar-refractivity contribution in [1.29, 1.82) is 0 Å². The van der Waals surface area contributed by atoms with Crippen molar-refractivity contribution in [1.82, 2.24) is 15.5 Å². The molecule has 9 heteroatoms. The van der Waals surface area contributed by atoms with Gasteiger partial charge in [0.1, 0.15) is 0 Å². The van der Waals surface area contributed by atoms with Gasteiger partial charge in [-0.2, -0.15) is 13.2 Å². The lowest BCUT2D eigenvalue weighted by Gasteiger charge is -2.28. The van der Waals surface area contributed by atoms with E-state index in [1.54, 1.807) is 7.05 Å². The molecule has 0 aromatic heterocycles. The predicted octanol–water partition coefficient (Wildman–Crippen LogP) is 2.93. The highest BCUT2D eigenvalue weighted by atomic mass is 127. The molecule has 5 nitrogen and oxygen atoms in total.